The van der Waals surface area contributed by atoms with Gasteiger partial charge in [0.25, 0.3) is 0 Å². The molecule has 3 aromatic carbocycles. The van der Waals surface area contributed by atoms with Crippen LogP contribution in [0.1, 0.15) is 33.3 Å². The van der Waals surface area contributed by atoms with Crippen LogP contribution in [0.15, 0.2) is 71.9 Å². The summed E-state index contributed by atoms with van der Waals surface area (Å²) < 4.78 is 21.9. The van der Waals surface area contributed by atoms with Crippen LogP contribution in [0.3, 0.4) is 0 Å². The summed E-state index contributed by atoms with van der Waals surface area (Å²) in [5, 5.41) is 20.1. The number of aromatic nitrogens is 3. The second-order valence-electron chi connectivity index (χ2n) is 8.17. The van der Waals surface area contributed by atoms with Gasteiger partial charge in [0.2, 0.25) is 6.54 Å². The Bertz CT molecular complexity index is 1360. The van der Waals surface area contributed by atoms with Crippen LogP contribution in [0.5, 0.6) is 5.75 Å². The molecule has 0 radical (unpaired) electrons. The quantitative estimate of drug-likeness (QED) is 0.161. The van der Waals surface area contributed by atoms with E-state index in [1.165, 1.54) is 23.4 Å². The van der Waals surface area contributed by atoms with Crippen molar-refractivity contribution in [2.24, 2.45) is 0 Å². The van der Waals surface area contributed by atoms with Crippen LogP contribution < -0.4 is 4.74 Å². The minimum Gasteiger partial charge on any atom is -0.488 e. The maximum absolute atomic E-state index is 14.1. The number of halogens is 1. The zero-order valence-electron chi connectivity index (χ0n) is 19.6. The van der Waals surface area contributed by atoms with Gasteiger partial charge in [-0.05, 0) is 56.2 Å². The lowest BCUT2D eigenvalue weighted by molar-refractivity contribution is -0.479. The molecule has 1 heterocycles. The molecule has 1 aromatic heterocycles. The molecule has 0 saturated carbocycles. The fourth-order valence-corrected chi connectivity index (χ4v) is 4.90. The van der Waals surface area contributed by atoms with Crippen molar-refractivity contribution in [1.29, 1.82) is 0 Å². The molecule has 7 nitrogen and oxygen atoms in total. The Morgan fingerprint density at radius 2 is 1.77 bits per heavy atom. The monoisotopic (exact) mass is 492 g/mol. The van der Waals surface area contributed by atoms with Crippen molar-refractivity contribution in [1.82, 2.24) is 14.8 Å². The van der Waals surface area contributed by atoms with Gasteiger partial charge in [-0.3, -0.25) is 14.7 Å². The normalized spacial score (nSPS) is 11.9. The van der Waals surface area contributed by atoms with E-state index in [1.54, 1.807) is 42.5 Å². The molecule has 9 heteroatoms. The number of aryl methyl sites for hydroxylation is 3. The fourth-order valence-electron chi connectivity index (χ4n) is 3.69. The van der Waals surface area contributed by atoms with Gasteiger partial charge in [-0.2, -0.15) is 0 Å². The minimum atomic E-state index is -0.601. The molecular weight excluding hydrogens is 467 g/mol. The van der Waals surface area contributed by atoms with Gasteiger partial charge in [0.15, 0.2) is 5.16 Å². The van der Waals surface area contributed by atoms with E-state index in [0.29, 0.717) is 27.9 Å². The average molecular weight is 493 g/mol. The summed E-state index contributed by atoms with van der Waals surface area (Å²) in [6.07, 6.45) is 0. The Kier molecular flexibility index (Phi) is 7.45. The van der Waals surface area contributed by atoms with Crippen molar-refractivity contribution in [2.45, 2.75) is 37.8 Å². The number of benzene rings is 3. The van der Waals surface area contributed by atoms with Gasteiger partial charge in [0.1, 0.15) is 29.2 Å². The molecule has 0 spiro atoms. The van der Waals surface area contributed by atoms with Gasteiger partial charge < -0.3 is 4.74 Å². The summed E-state index contributed by atoms with van der Waals surface area (Å²) in [5.74, 6) is 0.780. The number of para-hydroxylation sites is 1. The molecule has 180 valence electrons. The molecule has 1 atom stereocenters. The number of thioether (sulfide) groups is 1. The Morgan fingerprint density at radius 3 is 2.51 bits per heavy atom. The molecule has 0 fully saturated rings. The van der Waals surface area contributed by atoms with Gasteiger partial charge >= 0.3 is 0 Å². The molecule has 0 saturated heterocycles. The lowest BCUT2D eigenvalue weighted by Crippen LogP contribution is -2.12. The molecular formula is C26H25FN4O3S. The summed E-state index contributed by atoms with van der Waals surface area (Å²) in [6.45, 7) is 5.59. The van der Waals surface area contributed by atoms with E-state index in [-0.39, 0.29) is 23.9 Å². The van der Waals surface area contributed by atoms with Gasteiger partial charge in [-0.15, -0.1) is 10.2 Å². The first-order chi connectivity index (χ1) is 16.8. The number of nitro groups is 1. The Labute approximate surface area is 207 Å². The summed E-state index contributed by atoms with van der Waals surface area (Å²) in [4.78, 5) is 11.3. The Balaban J connectivity index is 1.66. The van der Waals surface area contributed by atoms with E-state index in [9.17, 15) is 14.5 Å². The van der Waals surface area contributed by atoms with Gasteiger partial charge in [0, 0.05) is 21.7 Å². The maximum atomic E-state index is 14.1. The smallest absolute Gasteiger partial charge is 0.220 e. The highest BCUT2D eigenvalue weighted by Crippen LogP contribution is 2.40. The van der Waals surface area contributed by atoms with Crippen LogP contribution in [0, 0.1) is 36.7 Å². The predicted molar refractivity (Wildman–Crippen MR) is 133 cm³/mol. The molecule has 0 aliphatic rings. The fraction of sp³-hybridized carbons (Fsp3) is 0.231. The third-order valence-corrected chi connectivity index (χ3v) is 6.88. The average Bonchev–Trinajstić information content (AvgIpc) is 3.19. The molecule has 0 aliphatic carbocycles. The topological polar surface area (TPSA) is 83.1 Å². The highest BCUT2D eigenvalue weighted by molar-refractivity contribution is 7.99. The van der Waals surface area contributed by atoms with Crippen LogP contribution in [0.25, 0.3) is 5.69 Å². The number of rotatable bonds is 9. The second-order valence-corrected chi connectivity index (χ2v) is 9.34. The first-order valence-electron chi connectivity index (χ1n) is 11.1. The van der Waals surface area contributed by atoms with Crippen molar-refractivity contribution in [3.8, 4) is 11.4 Å². The third-order valence-electron chi connectivity index (χ3n) is 5.71. The van der Waals surface area contributed by atoms with Gasteiger partial charge in [-0.25, -0.2) is 4.39 Å². The predicted octanol–water partition coefficient (Wildman–Crippen LogP) is 6.02. The standard InChI is InChI=1S/C26H25FN4O3S/c1-17-12-13-21(14-18(17)2)31-19(3)28-29-26(31)35-25(15-30(32)33)22-9-5-7-11-24(22)34-16-20-8-4-6-10-23(20)27/h4-14,25H,15-16H2,1-3H3/t25-/m1/s1. The zero-order valence-corrected chi connectivity index (χ0v) is 20.5. The zero-order chi connectivity index (χ0) is 24.9. The summed E-state index contributed by atoms with van der Waals surface area (Å²) in [7, 11) is 0. The first kappa shape index (κ1) is 24.4. The Morgan fingerprint density at radius 1 is 1.03 bits per heavy atom. The minimum absolute atomic E-state index is 0.0114. The van der Waals surface area contributed by atoms with Gasteiger partial charge in [0.05, 0.1) is 0 Å². The molecule has 4 aromatic rings. The van der Waals surface area contributed by atoms with Crippen LogP contribution >= 0.6 is 11.8 Å². The molecule has 35 heavy (non-hydrogen) atoms. The van der Waals surface area contributed by atoms with Crippen molar-refractivity contribution in [2.75, 3.05) is 6.54 Å². The van der Waals surface area contributed by atoms with E-state index < -0.39 is 5.25 Å². The van der Waals surface area contributed by atoms with Gasteiger partial charge in [-0.1, -0.05) is 54.2 Å². The highest BCUT2D eigenvalue weighted by atomic mass is 32.2. The molecule has 0 N–H and O–H groups in total. The molecule has 0 amide bonds. The van der Waals surface area contributed by atoms with Crippen LogP contribution in [0.2, 0.25) is 0 Å². The molecule has 4 rings (SSSR count). The molecule has 0 unspecified atom stereocenters. The van der Waals surface area contributed by atoms with Crippen molar-refractivity contribution >= 4 is 11.8 Å². The number of hydrogen-bond donors (Lipinski definition) is 0. The SMILES string of the molecule is Cc1ccc(-n2c(C)nnc2S[C@H](C[N+](=O)[O-])c2ccccc2OCc2ccccc2F)cc1C. The van der Waals surface area contributed by atoms with E-state index in [2.05, 4.69) is 10.2 Å². The highest BCUT2D eigenvalue weighted by Gasteiger charge is 2.26. The van der Waals surface area contributed by atoms with Crippen LogP contribution in [-0.4, -0.2) is 26.2 Å². The lowest BCUT2D eigenvalue weighted by Gasteiger charge is -2.18. The summed E-state index contributed by atoms with van der Waals surface area (Å²) in [5.41, 5.74) is 4.23. The number of ether oxygens (including phenoxy) is 1. The number of hydrogen-bond acceptors (Lipinski definition) is 6. The lowest BCUT2D eigenvalue weighted by atomic mass is 10.1. The summed E-state index contributed by atoms with van der Waals surface area (Å²) >= 11 is 1.26. The van der Waals surface area contributed by atoms with E-state index >= 15 is 0 Å². The van der Waals surface area contributed by atoms with E-state index in [0.717, 1.165) is 11.3 Å². The Hall–Kier alpha value is -3.72. The first-order valence-corrected chi connectivity index (χ1v) is 11.9. The second kappa shape index (κ2) is 10.7. The largest absolute Gasteiger partial charge is 0.488 e. The third kappa shape index (κ3) is 5.68. The van der Waals surface area contributed by atoms with Crippen LogP contribution in [0.4, 0.5) is 4.39 Å². The van der Waals surface area contributed by atoms with E-state index in [1.807, 2.05) is 43.5 Å². The molecule has 0 bridgehead atoms. The van der Waals surface area contributed by atoms with Crippen molar-refractivity contribution in [3.63, 3.8) is 0 Å². The van der Waals surface area contributed by atoms with Crippen molar-refractivity contribution < 1.29 is 14.1 Å². The number of nitrogens with zero attached hydrogens (tertiary/aromatic N) is 4. The maximum Gasteiger partial charge on any atom is 0.220 e. The molecule has 0 aliphatic heterocycles. The van der Waals surface area contributed by atoms with Crippen LogP contribution in [-0.2, 0) is 6.61 Å². The van der Waals surface area contributed by atoms with E-state index in [4.69, 9.17) is 4.74 Å². The summed E-state index contributed by atoms with van der Waals surface area (Å²) in [6, 6.07) is 19.6. The van der Waals surface area contributed by atoms with Crippen molar-refractivity contribution in [3.05, 3.63) is 111 Å².